The molecule has 0 fully saturated rings. The second-order valence-corrected chi connectivity index (χ2v) is 5.83. The van der Waals surface area contributed by atoms with Crippen LogP contribution in [0.25, 0.3) is 11.0 Å². The molecule has 7 nitrogen and oxygen atoms in total. The van der Waals surface area contributed by atoms with Crippen LogP contribution in [-0.2, 0) is 7.05 Å². The number of anilines is 3. The van der Waals surface area contributed by atoms with Gasteiger partial charge in [0.2, 0.25) is 5.95 Å². The van der Waals surface area contributed by atoms with Crippen molar-refractivity contribution in [2.45, 2.75) is 20.3 Å². The number of aliphatic hydroxyl groups excluding tert-OH is 1. The first kappa shape index (κ1) is 16.2. The van der Waals surface area contributed by atoms with Crippen molar-refractivity contribution in [2.24, 2.45) is 7.05 Å². The number of hydrogen-bond acceptors (Lipinski definition) is 6. The molecule has 0 saturated carbocycles. The highest BCUT2D eigenvalue weighted by atomic mass is 16.3. The van der Waals surface area contributed by atoms with Crippen LogP contribution in [0.4, 0.5) is 17.5 Å². The Morgan fingerprint density at radius 3 is 2.75 bits per heavy atom. The molecule has 126 valence electrons. The highest BCUT2D eigenvalue weighted by molar-refractivity contribution is 5.89. The molecule has 0 aliphatic carbocycles. The van der Waals surface area contributed by atoms with Gasteiger partial charge in [0.1, 0.15) is 5.82 Å². The van der Waals surface area contributed by atoms with E-state index in [9.17, 15) is 0 Å². The Kier molecular flexibility index (Phi) is 4.61. The second kappa shape index (κ2) is 6.84. The Balaban J connectivity index is 1.96. The van der Waals surface area contributed by atoms with Crippen molar-refractivity contribution in [1.29, 1.82) is 0 Å². The molecule has 0 bridgehead atoms. The average molecular weight is 326 g/mol. The van der Waals surface area contributed by atoms with Gasteiger partial charge in [-0.3, -0.25) is 4.68 Å². The molecule has 0 spiro atoms. The summed E-state index contributed by atoms with van der Waals surface area (Å²) in [4.78, 5) is 9.06. The summed E-state index contributed by atoms with van der Waals surface area (Å²) in [5.41, 5.74) is 4.20. The molecule has 2 heterocycles. The largest absolute Gasteiger partial charge is 0.396 e. The monoisotopic (exact) mass is 326 g/mol. The molecule has 2 aromatic heterocycles. The van der Waals surface area contributed by atoms with Crippen LogP contribution in [-0.4, -0.2) is 38.0 Å². The zero-order valence-electron chi connectivity index (χ0n) is 14.2. The second-order valence-electron chi connectivity index (χ2n) is 5.83. The molecule has 1 aromatic carbocycles. The van der Waals surface area contributed by atoms with E-state index in [1.54, 1.807) is 10.9 Å². The lowest BCUT2D eigenvalue weighted by Crippen LogP contribution is -2.09. The molecule has 0 unspecified atom stereocenters. The number of nitrogens with zero attached hydrogens (tertiary/aromatic N) is 4. The number of aliphatic hydroxyl groups is 1. The van der Waals surface area contributed by atoms with Gasteiger partial charge in [0.25, 0.3) is 0 Å². The summed E-state index contributed by atoms with van der Waals surface area (Å²) in [5.74, 6) is 1.23. The third kappa shape index (κ3) is 3.30. The molecule has 0 saturated heterocycles. The predicted molar refractivity (Wildman–Crippen MR) is 95.7 cm³/mol. The van der Waals surface area contributed by atoms with Crippen LogP contribution in [0.2, 0.25) is 0 Å². The normalized spacial score (nSPS) is 11.0. The van der Waals surface area contributed by atoms with E-state index in [1.807, 2.05) is 13.1 Å². The minimum Gasteiger partial charge on any atom is -0.396 e. The van der Waals surface area contributed by atoms with Gasteiger partial charge in [-0.1, -0.05) is 6.07 Å². The Morgan fingerprint density at radius 2 is 2.00 bits per heavy atom. The van der Waals surface area contributed by atoms with E-state index in [0.29, 0.717) is 24.7 Å². The van der Waals surface area contributed by atoms with Crippen LogP contribution in [0, 0.1) is 13.8 Å². The van der Waals surface area contributed by atoms with Crippen molar-refractivity contribution >= 4 is 28.5 Å². The lowest BCUT2D eigenvalue weighted by molar-refractivity contribution is 0.292. The van der Waals surface area contributed by atoms with Gasteiger partial charge in [0.05, 0.1) is 11.6 Å². The Hall–Kier alpha value is -2.67. The van der Waals surface area contributed by atoms with E-state index in [4.69, 9.17) is 5.11 Å². The third-order valence-corrected chi connectivity index (χ3v) is 3.98. The van der Waals surface area contributed by atoms with Crippen molar-refractivity contribution in [3.63, 3.8) is 0 Å². The van der Waals surface area contributed by atoms with Crippen LogP contribution in [0.15, 0.2) is 24.4 Å². The van der Waals surface area contributed by atoms with Crippen LogP contribution >= 0.6 is 0 Å². The molecule has 24 heavy (non-hydrogen) atoms. The van der Waals surface area contributed by atoms with Crippen LogP contribution < -0.4 is 10.6 Å². The number of fused-ring (bicyclic) bond motifs is 1. The van der Waals surface area contributed by atoms with E-state index in [-0.39, 0.29) is 6.61 Å². The molecule has 3 N–H and O–H groups in total. The molecular weight excluding hydrogens is 304 g/mol. The first-order valence-corrected chi connectivity index (χ1v) is 7.97. The minimum atomic E-state index is 0.134. The van der Waals surface area contributed by atoms with Crippen LogP contribution in [0.5, 0.6) is 0 Å². The van der Waals surface area contributed by atoms with Gasteiger partial charge in [-0.25, -0.2) is 0 Å². The van der Waals surface area contributed by atoms with E-state index < -0.39 is 0 Å². The summed E-state index contributed by atoms with van der Waals surface area (Å²) in [6.07, 6.45) is 2.41. The van der Waals surface area contributed by atoms with E-state index in [0.717, 1.165) is 16.7 Å². The van der Waals surface area contributed by atoms with E-state index in [2.05, 4.69) is 51.7 Å². The lowest BCUT2D eigenvalue weighted by atomic mass is 10.1. The highest BCUT2D eigenvalue weighted by Gasteiger charge is 2.12. The number of aromatic nitrogens is 4. The van der Waals surface area contributed by atoms with Gasteiger partial charge in [-0.15, -0.1) is 0 Å². The fraction of sp³-hybridized carbons (Fsp3) is 0.353. The number of nitrogens with one attached hydrogen (secondary N) is 2. The maximum Gasteiger partial charge on any atom is 0.226 e. The van der Waals surface area contributed by atoms with Gasteiger partial charge < -0.3 is 15.7 Å². The number of benzene rings is 1. The minimum absolute atomic E-state index is 0.134. The van der Waals surface area contributed by atoms with Gasteiger partial charge >= 0.3 is 0 Å². The maximum atomic E-state index is 8.92. The Bertz CT molecular complexity index is 858. The first-order valence-electron chi connectivity index (χ1n) is 7.97. The Labute approximate surface area is 140 Å². The summed E-state index contributed by atoms with van der Waals surface area (Å²) >= 11 is 0. The fourth-order valence-electron chi connectivity index (χ4n) is 2.43. The van der Waals surface area contributed by atoms with E-state index in [1.165, 1.54) is 11.1 Å². The summed E-state index contributed by atoms with van der Waals surface area (Å²) in [6.45, 7) is 4.92. The maximum absolute atomic E-state index is 8.92. The predicted octanol–water partition coefficient (Wildman–Crippen LogP) is 2.52. The van der Waals surface area contributed by atoms with Crippen LogP contribution in [0.3, 0.4) is 0 Å². The molecule has 3 rings (SSSR count). The lowest BCUT2D eigenvalue weighted by Gasteiger charge is -2.11. The van der Waals surface area contributed by atoms with Crippen molar-refractivity contribution in [1.82, 2.24) is 19.7 Å². The highest BCUT2D eigenvalue weighted by Crippen LogP contribution is 2.25. The summed E-state index contributed by atoms with van der Waals surface area (Å²) < 4.78 is 1.72. The zero-order valence-corrected chi connectivity index (χ0v) is 14.2. The molecule has 3 aromatic rings. The molecule has 0 aliphatic heterocycles. The number of aryl methyl sites for hydroxylation is 3. The van der Waals surface area contributed by atoms with Crippen molar-refractivity contribution in [2.75, 3.05) is 23.8 Å². The topological polar surface area (TPSA) is 87.9 Å². The molecule has 0 amide bonds. The SMILES string of the molecule is Cc1ccc(Nc2nc(NCCCO)nc3c2cnn3C)cc1C. The summed E-state index contributed by atoms with van der Waals surface area (Å²) in [6, 6.07) is 6.21. The first-order chi connectivity index (χ1) is 11.6. The van der Waals surface area contributed by atoms with Gasteiger partial charge in [0.15, 0.2) is 5.65 Å². The zero-order chi connectivity index (χ0) is 17.1. The number of rotatable bonds is 6. The summed E-state index contributed by atoms with van der Waals surface area (Å²) in [7, 11) is 1.85. The quantitative estimate of drug-likeness (QED) is 0.603. The van der Waals surface area contributed by atoms with E-state index >= 15 is 0 Å². The standard InChI is InChI=1S/C17H22N6O/c1-11-5-6-13(9-12(11)2)20-15-14-10-19-23(3)16(14)22-17(21-15)18-7-4-8-24/h5-6,9-10,24H,4,7-8H2,1-3H3,(H2,18,20,21,22). The molecule has 7 heteroatoms. The fourth-order valence-corrected chi connectivity index (χ4v) is 2.43. The molecular formula is C17H22N6O. The van der Waals surface area contributed by atoms with Crippen LogP contribution in [0.1, 0.15) is 17.5 Å². The van der Waals surface area contributed by atoms with Gasteiger partial charge in [-0.2, -0.15) is 15.1 Å². The third-order valence-electron chi connectivity index (χ3n) is 3.98. The average Bonchev–Trinajstić information content (AvgIpc) is 2.93. The molecule has 0 aliphatic rings. The van der Waals surface area contributed by atoms with Gasteiger partial charge in [-0.05, 0) is 43.5 Å². The molecule has 0 radical (unpaired) electrons. The van der Waals surface area contributed by atoms with Crippen molar-refractivity contribution < 1.29 is 5.11 Å². The summed E-state index contributed by atoms with van der Waals surface area (Å²) in [5, 5.41) is 20.6. The smallest absolute Gasteiger partial charge is 0.226 e. The Morgan fingerprint density at radius 1 is 1.17 bits per heavy atom. The van der Waals surface area contributed by atoms with Gasteiger partial charge in [0, 0.05) is 25.9 Å². The molecule has 0 atom stereocenters. The van der Waals surface area contributed by atoms with Crippen molar-refractivity contribution in [3.8, 4) is 0 Å². The van der Waals surface area contributed by atoms with Crippen molar-refractivity contribution in [3.05, 3.63) is 35.5 Å². The number of hydrogen-bond donors (Lipinski definition) is 3.